The van der Waals surface area contributed by atoms with E-state index in [4.69, 9.17) is 10.5 Å². The van der Waals surface area contributed by atoms with Gasteiger partial charge in [-0.25, -0.2) is 4.99 Å². The summed E-state index contributed by atoms with van der Waals surface area (Å²) in [5, 5.41) is 3.09. The maximum Gasteiger partial charge on any atom is 0.309 e. The van der Waals surface area contributed by atoms with Gasteiger partial charge in [-0.2, -0.15) is 0 Å². The molecule has 0 atom stereocenters. The Labute approximate surface area is 138 Å². The Morgan fingerprint density at radius 1 is 1.17 bits per heavy atom. The van der Waals surface area contributed by atoms with Crippen LogP contribution in [-0.4, -0.2) is 23.6 Å². The van der Waals surface area contributed by atoms with Gasteiger partial charge >= 0.3 is 5.97 Å². The first-order valence-electron chi connectivity index (χ1n) is 8.22. The minimum atomic E-state index is -0.421. The molecule has 0 aliphatic heterocycles. The van der Waals surface area contributed by atoms with E-state index >= 15 is 0 Å². The van der Waals surface area contributed by atoms with E-state index in [1.807, 2.05) is 51.1 Å². The molecule has 5 nitrogen and oxygen atoms in total. The van der Waals surface area contributed by atoms with Gasteiger partial charge in [0.25, 0.3) is 0 Å². The molecule has 1 saturated carbocycles. The number of hydrogen-bond acceptors (Lipinski definition) is 3. The van der Waals surface area contributed by atoms with Crippen molar-refractivity contribution in [3.63, 3.8) is 0 Å². The first-order valence-corrected chi connectivity index (χ1v) is 8.22. The van der Waals surface area contributed by atoms with Crippen LogP contribution in [0.1, 0.15) is 46.5 Å². The van der Waals surface area contributed by atoms with Crippen LogP contribution >= 0.6 is 0 Å². The fraction of sp³-hybridized carbons (Fsp3) is 0.556. The lowest BCUT2D eigenvalue weighted by Crippen LogP contribution is -2.32. The lowest BCUT2D eigenvalue weighted by Gasteiger charge is -2.28. The molecule has 1 aromatic rings. The van der Waals surface area contributed by atoms with Gasteiger partial charge in [0.1, 0.15) is 5.60 Å². The molecule has 0 aromatic heterocycles. The summed E-state index contributed by atoms with van der Waals surface area (Å²) in [4.78, 5) is 16.6. The van der Waals surface area contributed by atoms with Crippen LogP contribution in [0.2, 0.25) is 0 Å². The Bertz CT molecular complexity index is 541. The van der Waals surface area contributed by atoms with E-state index in [0.717, 1.165) is 31.4 Å². The lowest BCUT2D eigenvalue weighted by atomic mass is 9.86. The van der Waals surface area contributed by atoms with Crippen molar-refractivity contribution in [1.29, 1.82) is 0 Å². The summed E-state index contributed by atoms with van der Waals surface area (Å²) < 4.78 is 5.46. The van der Waals surface area contributed by atoms with E-state index in [-0.39, 0.29) is 17.9 Å². The Morgan fingerprint density at radius 3 is 2.35 bits per heavy atom. The fourth-order valence-corrected chi connectivity index (χ4v) is 2.72. The van der Waals surface area contributed by atoms with Gasteiger partial charge in [0, 0.05) is 5.69 Å². The molecule has 23 heavy (non-hydrogen) atoms. The number of esters is 1. The molecule has 1 aliphatic carbocycles. The van der Waals surface area contributed by atoms with Gasteiger partial charge in [0.15, 0.2) is 5.96 Å². The highest BCUT2D eigenvalue weighted by Gasteiger charge is 2.29. The van der Waals surface area contributed by atoms with Crippen LogP contribution in [0.25, 0.3) is 0 Å². The third-order valence-electron chi connectivity index (χ3n) is 3.80. The van der Waals surface area contributed by atoms with Crippen molar-refractivity contribution in [2.75, 3.05) is 5.32 Å². The molecule has 0 amide bonds. The van der Waals surface area contributed by atoms with Crippen molar-refractivity contribution in [2.45, 2.75) is 58.1 Å². The number of ether oxygens (including phenoxy) is 1. The van der Waals surface area contributed by atoms with Gasteiger partial charge in [0.2, 0.25) is 0 Å². The highest BCUT2D eigenvalue weighted by Crippen LogP contribution is 2.28. The SMILES string of the molecule is CC(C)(C)OC(=O)C1CCC(N=C(N)Nc2ccccc2)CC1. The average Bonchev–Trinajstić information content (AvgIpc) is 2.47. The maximum atomic E-state index is 12.1. The highest BCUT2D eigenvalue weighted by atomic mass is 16.6. The molecule has 0 spiro atoms. The highest BCUT2D eigenvalue weighted by molar-refractivity contribution is 5.92. The molecule has 126 valence electrons. The van der Waals surface area contributed by atoms with Crippen LogP contribution in [0, 0.1) is 5.92 Å². The Balaban J connectivity index is 1.82. The standard InChI is InChI=1S/C18H27N3O2/c1-18(2,3)23-16(22)13-9-11-15(12-10-13)21-17(19)20-14-7-5-4-6-8-14/h4-8,13,15H,9-12H2,1-3H3,(H3,19,20,21). The van der Waals surface area contributed by atoms with Crippen LogP contribution in [-0.2, 0) is 9.53 Å². The summed E-state index contributed by atoms with van der Waals surface area (Å²) in [5.41, 5.74) is 6.47. The summed E-state index contributed by atoms with van der Waals surface area (Å²) in [6.45, 7) is 5.70. The molecule has 2 rings (SSSR count). The predicted molar refractivity (Wildman–Crippen MR) is 93.3 cm³/mol. The Kier molecular flexibility index (Phi) is 5.64. The number of para-hydroxylation sites is 1. The smallest absolute Gasteiger partial charge is 0.309 e. The number of carbonyl (C=O) groups is 1. The normalized spacial score (nSPS) is 22.5. The Hall–Kier alpha value is -2.04. The van der Waals surface area contributed by atoms with Crippen molar-refractivity contribution < 1.29 is 9.53 Å². The van der Waals surface area contributed by atoms with Crippen molar-refractivity contribution in [3.8, 4) is 0 Å². The number of anilines is 1. The van der Waals surface area contributed by atoms with E-state index < -0.39 is 5.60 Å². The Morgan fingerprint density at radius 2 is 1.78 bits per heavy atom. The van der Waals surface area contributed by atoms with Gasteiger partial charge in [-0.15, -0.1) is 0 Å². The van der Waals surface area contributed by atoms with Crippen LogP contribution in [0.3, 0.4) is 0 Å². The molecular weight excluding hydrogens is 290 g/mol. The van der Waals surface area contributed by atoms with Crippen LogP contribution < -0.4 is 11.1 Å². The molecule has 3 N–H and O–H groups in total. The number of nitrogens with two attached hydrogens (primary N) is 1. The van der Waals surface area contributed by atoms with Crippen molar-refractivity contribution in [1.82, 2.24) is 0 Å². The van der Waals surface area contributed by atoms with Gasteiger partial charge in [0.05, 0.1) is 12.0 Å². The minimum Gasteiger partial charge on any atom is -0.460 e. The third-order valence-corrected chi connectivity index (χ3v) is 3.80. The van der Waals surface area contributed by atoms with Gasteiger partial charge < -0.3 is 15.8 Å². The van der Waals surface area contributed by atoms with Crippen LogP contribution in [0.5, 0.6) is 0 Å². The van der Waals surface area contributed by atoms with Gasteiger partial charge in [-0.3, -0.25) is 4.79 Å². The number of guanidine groups is 1. The molecule has 1 fully saturated rings. The second kappa shape index (κ2) is 7.49. The minimum absolute atomic E-state index is 0.0102. The first-order chi connectivity index (χ1) is 10.8. The molecule has 1 aromatic carbocycles. The number of nitrogens with zero attached hydrogens (tertiary/aromatic N) is 1. The number of aliphatic imine (C=N–C) groups is 1. The lowest BCUT2D eigenvalue weighted by molar-refractivity contribution is -0.161. The second-order valence-electron chi connectivity index (χ2n) is 7.04. The summed E-state index contributed by atoms with van der Waals surface area (Å²) in [6.07, 6.45) is 3.34. The van der Waals surface area contributed by atoms with E-state index in [2.05, 4.69) is 10.3 Å². The zero-order chi connectivity index (χ0) is 16.9. The van der Waals surface area contributed by atoms with E-state index in [1.165, 1.54) is 0 Å². The number of carbonyl (C=O) groups excluding carboxylic acids is 1. The summed E-state index contributed by atoms with van der Waals surface area (Å²) in [7, 11) is 0. The van der Waals surface area contributed by atoms with Crippen LogP contribution in [0.15, 0.2) is 35.3 Å². The molecule has 0 unspecified atom stereocenters. The number of benzene rings is 1. The van der Waals surface area contributed by atoms with Crippen molar-refractivity contribution in [2.24, 2.45) is 16.6 Å². The third kappa shape index (κ3) is 5.93. The summed E-state index contributed by atoms with van der Waals surface area (Å²) in [5.74, 6) is 0.330. The number of hydrogen-bond donors (Lipinski definition) is 2. The van der Waals surface area contributed by atoms with Crippen molar-refractivity contribution in [3.05, 3.63) is 30.3 Å². The fourth-order valence-electron chi connectivity index (χ4n) is 2.72. The maximum absolute atomic E-state index is 12.1. The zero-order valence-corrected chi connectivity index (χ0v) is 14.2. The van der Waals surface area contributed by atoms with Gasteiger partial charge in [-0.1, -0.05) is 18.2 Å². The summed E-state index contributed by atoms with van der Waals surface area (Å²) in [6, 6.07) is 9.91. The van der Waals surface area contributed by atoms with E-state index in [9.17, 15) is 4.79 Å². The molecule has 0 bridgehead atoms. The molecule has 0 saturated heterocycles. The molecule has 0 radical (unpaired) electrons. The molecule has 5 heteroatoms. The number of nitrogens with one attached hydrogen (secondary N) is 1. The van der Waals surface area contributed by atoms with Crippen molar-refractivity contribution >= 4 is 17.6 Å². The quantitative estimate of drug-likeness (QED) is 0.509. The largest absolute Gasteiger partial charge is 0.460 e. The zero-order valence-electron chi connectivity index (χ0n) is 14.2. The molecule has 0 heterocycles. The van der Waals surface area contributed by atoms with Gasteiger partial charge in [-0.05, 0) is 58.6 Å². The molecular formula is C18H27N3O2. The first kappa shape index (κ1) is 17.3. The number of rotatable bonds is 3. The second-order valence-corrected chi connectivity index (χ2v) is 7.04. The average molecular weight is 317 g/mol. The predicted octanol–water partition coefficient (Wildman–Crippen LogP) is 3.31. The summed E-state index contributed by atoms with van der Waals surface area (Å²) >= 11 is 0. The topological polar surface area (TPSA) is 76.7 Å². The van der Waals surface area contributed by atoms with Crippen LogP contribution in [0.4, 0.5) is 5.69 Å². The van der Waals surface area contributed by atoms with E-state index in [1.54, 1.807) is 0 Å². The molecule has 1 aliphatic rings. The monoisotopic (exact) mass is 317 g/mol. The van der Waals surface area contributed by atoms with E-state index in [0.29, 0.717) is 5.96 Å².